The van der Waals surface area contributed by atoms with E-state index < -0.39 is 10.0 Å². The molecule has 0 fully saturated rings. The van der Waals surface area contributed by atoms with Crippen LogP contribution in [-0.2, 0) is 16.6 Å². The fourth-order valence-corrected chi connectivity index (χ4v) is 5.73. The number of hydrogen-bond acceptors (Lipinski definition) is 4. The maximum absolute atomic E-state index is 12.6. The zero-order valence-corrected chi connectivity index (χ0v) is 14.6. The lowest BCUT2D eigenvalue weighted by molar-refractivity contribution is 0.285. The van der Waals surface area contributed by atoms with Crippen molar-refractivity contribution in [2.45, 2.75) is 38.7 Å². The molecule has 1 unspecified atom stereocenters. The Kier molecular flexibility index (Phi) is 6.46. The van der Waals surface area contributed by atoms with Gasteiger partial charge < -0.3 is 5.11 Å². The van der Waals surface area contributed by atoms with Gasteiger partial charge in [-0.15, -0.1) is 11.3 Å². The molecule has 1 aromatic rings. The average molecular weight is 370 g/mol. The number of nitrogens with zero attached hydrogens (tertiary/aromatic N) is 1. The van der Waals surface area contributed by atoms with Crippen LogP contribution in [-0.4, -0.2) is 30.9 Å². The van der Waals surface area contributed by atoms with Gasteiger partial charge in [-0.3, -0.25) is 0 Å². The van der Waals surface area contributed by atoms with E-state index >= 15 is 0 Å². The summed E-state index contributed by atoms with van der Waals surface area (Å²) in [6.45, 7) is 6.76. The molecule has 110 valence electrons. The summed E-state index contributed by atoms with van der Waals surface area (Å²) in [5.74, 6) is 0.324. The molecule has 0 amide bonds. The van der Waals surface area contributed by atoms with E-state index in [0.717, 1.165) is 6.42 Å². The van der Waals surface area contributed by atoms with Crippen LogP contribution in [0.3, 0.4) is 0 Å². The predicted octanol–water partition coefficient (Wildman–Crippen LogP) is 3.06. The Morgan fingerprint density at radius 2 is 2.11 bits per heavy atom. The number of aliphatic hydroxyl groups is 1. The van der Waals surface area contributed by atoms with Gasteiger partial charge in [-0.05, 0) is 27.9 Å². The van der Waals surface area contributed by atoms with Crippen molar-refractivity contribution in [3.8, 4) is 0 Å². The smallest absolute Gasteiger partial charge is 0.245 e. The van der Waals surface area contributed by atoms with E-state index in [1.807, 2.05) is 13.8 Å². The molecule has 1 atom stereocenters. The van der Waals surface area contributed by atoms with Crippen LogP contribution in [0.15, 0.2) is 14.7 Å². The van der Waals surface area contributed by atoms with Gasteiger partial charge in [-0.1, -0.05) is 27.2 Å². The lowest BCUT2D eigenvalue weighted by atomic mass is 10.1. The third-order valence-electron chi connectivity index (χ3n) is 3.05. The van der Waals surface area contributed by atoms with E-state index in [-0.39, 0.29) is 11.5 Å². The molecule has 0 aromatic carbocycles. The van der Waals surface area contributed by atoms with Gasteiger partial charge in [-0.25, -0.2) is 8.42 Å². The van der Waals surface area contributed by atoms with Crippen LogP contribution in [0.5, 0.6) is 0 Å². The minimum atomic E-state index is -3.49. The second-order valence-electron chi connectivity index (χ2n) is 4.48. The summed E-state index contributed by atoms with van der Waals surface area (Å²) in [5.41, 5.74) is 0. The molecule has 1 aromatic heterocycles. The number of aliphatic hydroxyl groups excluding tert-OH is 1. The summed E-state index contributed by atoms with van der Waals surface area (Å²) in [4.78, 5) is 0.900. The van der Waals surface area contributed by atoms with Crippen LogP contribution < -0.4 is 0 Å². The van der Waals surface area contributed by atoms with Crippen LogP contribution in [0.2, 0.25) is 0 Å². The van der Waals surface area contributed by atoms with Gasteiger partial charge in [0, 0.05) is 18.0 Å². The van der Waals surface area contributed by atoms with E-state index in [4.69, 9.17) is 5.11 Å². The van der Waals surface area contributed by atoms with Crippen molar-refractivity contribution in [3.05, 3.63) is 14.7 Å². The minimum absolute atomic E-state index is 0.143. The van der Waals surface area contributed by atoms with Crippen molar-refractivity contribution >= 4 is 37.3 Å². The lowest BCUT2D eigenvalue weighted by Crippen LogP contribution is -2.34. The fraction of sp³-hybridized carbons (Fsp3) is 0.667. The Morgan fingerprint density at radius 1 is 1.47 bits per heavy atom. The summed E-state index contributed by atoms with van der Waals surface area (Å²) in [7, 11) is -3.49. The van der Waals surface area contributed by atoms with E-state index in [2.05, 4.69) is 22.9 Å². The third kappa shape index (κ3) is 4.01. The first-order valence-electron chi connectivity index (χ1n) is 6.25. The Hall–Kier alpha value is 0.0500. The highest BCUT2D eigenvalue weighted by Gasteiger charge is 2.28. The molecule has 1 heterocycles. The lowest BCUT2D eigenvalue weighted by Gasteiger charge is -2.23. The van der Waals surface area contributed by atoms with Crippen molar-refractivity contribution < 1.29 is 13.5 Å². The first-order valence-corrected chi connectivity index (χ1v) is 9.30. The Bertz CT molecular complexity index is 513. The number of rotatable bonds is 7. The van der Waals surface area contributed by atoms with Crippen LogP contribution in [0.25, 0.3) is 0 Å². The summed E-state index contributed by atoms with van der Waals surface area (Å²) >= 11 is 4.53. The largest absolute Gasteiger partial charge is 0.391 e. The van der Waals surface area contributed by atoms with Crippen LogP contribution in [0, 0.1) is 5.92 Å². The molecular formula is C12H20BrNO3S2. The maximum Gasteiger partial charge on any atom is 0.245 e. The SMILES string of the molecule is CCC(C)CN(CC)S(=O)(=O)c1cc(CO)sc1Br. The molecule has 0 aliphatic heterocycles. The molecule has 19 heavy (non-hydrogen) atoms. The predicted molar refractivity (Wildman–Crippen MR) is 81.8 cm³/mol. The molecule has 1 rings (SSSR count). The highest BCUT2D eigenvalue weighted by molar-refractivity contribution is 9.11. The van der Waals surface area contributed by atoms with E-state index in [9.17, 15) is 8.42 Å². The normalized spacial score (nSPS) is 14.0. The van der Waals surface area contributed by atoms with E-state index in [1.165, 1.54) is 15.6 Å². The first kappa shape index (κ1) is 17.1. The van der Waals surface area contributed by atoms with E-state index in [0.29, 0.717) is 27.7 Å². The molecule has 4 nitrogen and oxygen atoms in total. The van der Waals surface area contributed by atoms with Gasteiger partial charge >= 0.3 is 0 Å². The molecule has 0 aliphatic carbocycles. The number of halogens is 1. The minimum Gasteiger partial charge on any atom is -0.391 e. The van der Waals surface area contributed by atoms with Crippen molar-refractivity contribution in [2.75, 3.05) is 13.1 Å². The van der Waals surface area contributed by atoms with E-state index in [1.54, 1.807) is 6.07 Å². The van der Waals surface area contributed by atoms with Gasteiger partial charge in [0.25, 0.3) is 0 Å². The van der Waals surface area contributed by atoms with Gasteiger partial charge in [0.05, 0.1) is 10.4 Å². The van der Waals surface area contributed by atoms with Crippen molar-refractivity contribution in [2.24, 2.45) is 5.92 Å². The second-order valence-corrected chi connectivity index (χ2v) is 8.84. The van der Waals surface area contributed by atoms with Crippen molar-refractivity contribution in [3.63, 3.8) is 0 Å². The zero-order chi connectivity index (χ0) is 14.6. The van der Waals surface area contributed by atoms with Gasteiger partial charge in [0.2, 0.25) is 10.0 Å². The van der Waals surface area contributed by atoms with Crippen LogP contribution >= 0.6 is 27.3 Å². The molecule has 0 saturated heterocycles. The summed E-state index contributed by atoms with van der Waals surface area (Å²) in [6.07, 6.45) is 0.943. The zero-order valence-electron chi connectivity index (χ0n) is 11.4. The molecule has 0 saturated carbocycles. The topological polar surface area (TPSA) is 57.6 Å². The number of sulfonamides is 1. The molecule has 0 spiro atoms. The highest BCUT2D eigenvalue weighted by Crippen LogP contribution is 2.33. The molecule has 1 N–H and O–H groups in total. The highest BCUT2D eigenvalue weighted by atomic mass is 79.9. The van der Waals surface area contributed by atoms with Crippen molar-refractivity contribution in [1.29, 1.82) is 0 Å². The number of hydrogen-bond donors (Lipinski definition) is 1. The summed E-state index contributed by atoms with van der Waals surface area (Å²) in [6, 6.07) is 1.54. The third-order valence-corrected chi connectivity index (χ3v) is 7.22. The molecular weight excluding hydrogens is 350 g/mol. The second kappa shape index (κ2) is 7.17. The Morgan fingerprint density at radius 3 is 2.53 bits per heavy atom. The Balaban J connectivity index is 3.09. The van der Waals surface area contributed by atoms with Gasteiger partial charge in [-0.2, -0.15) is 4.31 Å². The fourth-order valence-electron chi connectivity index (χ4n) is 1.66. The molecule has 0 bridgehead atoms. The van der Waals surface area contributed by atoms with Gasteiger partial charge in [0.1, 0.15) is 4.90 Å². The molecule has 0 aliphatic rings. The van der Waals surface area contributed by atoms with Crippen molar-refractivity contribution in [1.82, 2.24) is 4.31 Å². The average Bonchev–Trinajstić information content (AvgIpc) is 2.77. The summed E-state index contributed by atoms with van der Waals surface area (Å²) < 4.78 is 27.2. The van der Waals surface area contributed by atoms with Crippen LogP contribution in [0.1, 0.15) is 32.1 Å². The molecule has 7 heteroatoms. The summed E-state index contributed by atoms with van der Waals surface area (Å²) in [5, 5.41) is 9.10. The Labute approximate surface area is 127 Å². The quantitative estimate of drug-likeness (QED) is 0.803. The van der Waals surface area contributed by atoms with Gasteiger partial charge in [0.15, 0.2) is 0 Å². The molecule has 0 radical (unpaired) electrons. The monoisotopic (exact) mass is 369 g/mol. The maximum atomic E-state index is 12.6. The first-order chi connectivity index (χ1) is 8.86. The standard InChI is InChI=1S/C12H20BrNO3S2/c1-4-9(3)7-14(5-2)19(16,17)11-6-10(8-15)18-12(11)13/h6,9,15H,4-5,7-8H2,1-3H3. The number of thiophene rings is 1. The van der Waals surface area contributed by atoms with Crippen LogP contribution in [0.4, 0.5) is 0 Å².